The van der Waals surface area contributed by atoms with Crippen molar-refractivity contribution in [3.8, 4) is 0 Å². The van der Waals surface area contributed by atoms with Crippen molar-refractivity contribution < 1.29 is 14.3 Å². The maximum absolute atomic E-state index is 11.8. The van der Waals surface area contributed by atoms with E-state index in [9.17, 15) is 9.59 Å². The summed E-state index contributed by atoms with van der Waals surface area (Å²) >= 11 is 5.77. The first kappa shape index (κ1) is 16.8. The Hall–Kier alpha value is -1.59. The van der Waals surface area contributed by atoms with Gasteiger partial charge in [0.2, 0.25) is 5.91 Å². The lowest BCUT2D eigenvalue weighted by atomic mass is 10.2. The number of benzene rings is 1. The van der Waals surface area contributed by atoms with E-state index in [4.69, 9.17) is 16.3 Å². The fourth-order valence-corrected chi connectivity index (χ4v) is 2.40. The Kier molecular flexibility index (Phi) is 6.68. The molecular weight excluding hydrogens is 304 g/mol. The number of carbonyl (C=O) groups is 2. The Morgan fingerprint density at radius 2 is 2.00 bits per heavy atom. The van der Waals surface area contributed by atoms with Crippen LogP contribution >= 0.6 is 11.6 Å². The van der Waals surface area contributed by atoms with E-state index in [0.717, 1.165) is 19.4 Å². The van der Waals surface area contributed by atoms with E-state index >= 15 is 0 Å². The van der Waals surface area contributed by atoms with Gasteiger partial charge < -0.3 is 15.4 Å². The van der Waals surface area contributed by atoms with Crippen LogP contribution < -0.4 is 10.6 Å². The molecule has 0 aliphatic carbocycles. The normalized spacial score (nSPS) is 17.2. The Morgan fingerprint density at radius 1 is 1.23 bits per heavy atom. The number of amides is 2. The molecule has 1 unspecified atom stereocenters. The molecule has 0 aromatic heterocycles. The van der Waals surface area contributed by atoms with Gasteiger partial charge in [0.15, 0.2) is 0 Å². The van der Waals surface area contributed by atoms with Crippen molar-refractivity contribution in [3.63, 3.8) is 0 Å². The van der Waals surface area contributed by atoms with Crippen LogP contribution in [-0.2, 0) is 9.53 Å². The summed E-state index contributed by atoms with van der Waals surface area (Å²) in [6.45, 7) is 1.84. The lowest BCUT2D eigenvalue weighted by Gasteiger charge is -2.10. The first-order valence-electron chi connectivity index (χ1n) is 7.57. The van der Waals surface area contributed by atoms with Crippen LogP contribution in [0.3, 0.4) is 0 Å². The molecule has 2 rings (SSSR count). The molecule has 2 amide bonds. The average Bonchev–Trinajstić information content (AvgIpc) is 3.03. The minimum absolute atomic E-state index is 0.00348. The molecule has 1 fully saturated rings. The first-order chi connectivity index (χ1) is 10.6. The molecule has 0 saturated carbocycles. The molecule has 1 aliphatic rings. The zero-order valence-corrected chi connectivity index (χ0v) is 13.2. The van der Waals surface area contributed by atoms with E-state index in [-0.39, 0.29) is 17.9 Å². The summed E-state index contributed by atoms with van der Waals surface area (Å²) in [5, 5.41) is 6.24. The predicted octanol–water partition coefficient (Wildman–Crippen LogP) is 2.15. The highest BCUT2D eigenvalue weighted by Crippen LogP contribution is 2.11. The second-order valence-electron chi connectivity index (χ2n) is 5.31. The van der Waals surface area contributed by atoms with Crippen LogP contribution in [0.2, 0.25) is 5.02 Å². The van der Waals surface area contributed by atoms with Gasteiger partial charge in [0.05, 0.1) is 6.10 Å². The largest absolute Gasteiger partial charge is 0.376 e. The van der Waals surface area contributed by atoms with Crippen molar-refractivity contribution in [1.82, 2.24) is 10.6 Å². The van der Waals surface area contributed by atoms with Gasteiger partial charge in [-0.15, -0.1) is 0 Å². The maximum Gasteiger partial charge on any atom is 0.251 e. The third-order valence-corrected chi connectivity index (χ3v) is 3.78. The van der Waals surface area contributed by atoms with Crippen molar-refractivity contribution in [2.45, 2.75) is 31.8 Å². The number of ether oxygens (including phenoxy) is 1. The fraction of sp³-hybridized carbons (Fsp3) is 0.500. The lowest BCUT2D eigenvalue weighted by Crippen LogP contribution is -2.32. The van der Waals surface area contributed by atoms with E-state index in [1.54, 1.807) is 24.3 Å². The van der Waals surface area contributed by atoms with Crippen LogP contribution in [0.5, 0.6) is 0 Å². The highest BCUT2D eigenvalue weighted by Gasteiger charge is 2.15. The van der Waals surface area contributed by atoms with E-state index < -0.39 is 0 Å². The average molecular weight is 325 g/mol. The number of nitrogens with one attached hydrogen (secondary N) is 2. The molecule has 2 N–H and O–H groups in total. The molecule has 0 radical (unpaired) electrons. The predicted molar refractivity (Wildman–Crippen MR) is 85.0 cm³/mol. The molecule has 1 aromatic carbocycles. The molecule has 120 valence electrons. The molecular formula is C16H21ClN2O3. The highest BCUT2D eigenvalue weighted by atomic mass is 35.5. The van der Waals surface area contributed by atoms with Gasteiger partial charge >= 0.3 is 0 Å². The van der Waals surface area contributed by atoms with Gasteiger partial charge in [0.25, 0.3) is 5.91 Å². The van der Waals surface area contributed by atoms with E-state index in [2.05, 4.69) is 10.6 Å². The second-order valence-corrected chi connectivity index (χ2v) is 5.74. The van der Waals surface area contributed by atoms with Gasteiger partial charge in [0.1, 0.15) is 0 Å². The summed E-state index contributed by atoms with van der Waals surface area (Å²) < 4.78 is 5.44. The van der Waals surface area contributed by atoms with Crippen molar-refractivity contribution in [2.24, 2.45) is 0 Å². The van der Waals surface area contributed by atoms with Crippen molar-refractivity contribution in [2.75, 3.05) is 19.7 Å². The van der Waals surface area contributed by atoms with E-state index in [0.29, 0.717) is 36.5 Å². The molecule has 1 aromatic rings. The quantitative estimate of drug-likeness (QED) is 0.755. The summed E-state index contributed by atoms with van der Waals surface area (Å²) in [5.41, 5.74) is 0.562. The third kappa shape index (κ3) is 5.66. The van der Waals surface area contributed by atoms with Crippen molar-refractivity contribution in [1.29, 1.82) is 0 Å². The maximum atomic E-state index is 11.8. The Labute approximate surface area is 135 Å². The van der Waals surface area contributed by atoms with Gasteiger partial charge in [-0.05, 0) is 43.5 Å². The molecule has 1 aliphatic heterocycles. The van der Waals surface area contributed by atoms with Crippen molar-refractivity contribution >= 4 is 23.4 Å². The summed E-state index contributed by atoms with van der Waals surface area (Å²) in [4.78, 5) is 23.5. The smallest absolute Gasteiger partial charge is 0.251 e. The molecule has 1 saturated heterocycles. The van der Waals surface area contributed by atoms with Crippen LogP contribution in [0.4, 0.5) is 0 Å². The topological polar surface area (TPSA) is 67.4 Å². The zero-order chi connectivity index (χ0) is 15.8. The molecule has 22 heavy (non-hydrogen) atoms. The van der Waals surface area contributed by atoms with Crippen LogP contribution in [0, 0.1) is 0 Å². The monoisotopic (exact) mass is 324 g/mol. The molecule has 1 heterocycles. The molecule has 1 atom stereocenters. The molecule has 0 spiro atoms. The van der Waals surface area contributed by atoms with Gasteiger partial charge in [0, 0.05) is 36.7 Å². The first-order valence-corrected chi connectivity index (χ1v) is 7.95. The Bertz CT molecular complexity index is 499. The zero-order valence-electron chi connectivity index (χ0n) is 12.4. The number of rotatable bonds is 7. The minimum atomic E-state index is -0.156. The lowest BCUT2D eigenvalue weighted by molar-refractivity contribution is -0.121. The summed E-state index contributed by atoms with van der Waals surface area (Å²) in [6, 6.07) is 6.70. The van der Waals surface area contributed by atoms with Crippen LogP contribution in [0.15, 0.2) is 24.3 Å². The Balaban J connectivity index is 1.57. The van der Waals surface area contributed by atoms with Gasteiger partial charge in [-0.3, -0.25) is 9.59 Å². The van der Waals surface area contributed by atoms with Gasteiger partial charge in [-0.2, -0.15) is 0 Å². The Morgan fingerprint density at radius 3 is 2.68 bits per heavy atom. The standard InChI is InChI=1S/C16H21ClN2O3/c17-13-7-5-12(6-8-13)16(21)18-9-1-4-15(20)19-11-14-3-2-10-22-14/h5-8,14H,1-4,9-11H2,(H,18,21)(H,19,20). The van der Waals surface area contributed by atoms with Crippen molar-refractivity contribution in [3.05, 3.63) is 34.9 Å². The van der Waals surface area contributed by atoms with Crippen LogP contribution in [0.1, 0.15) is 36.0 Å². The highest BCUT2D eigenvalue weighted by molar-refractivity contribution is 6.30. The summed E-state index contributed by atoms with van der Waals surface area (Å²) in [6.07, 6.45) is 3.24. The van der Waals surface area contributed by atoms with Crippen LogP contribution in [-0.4, -0.2) is 37.6 Å². The van der Waals surface area contributed by atoms with Gasteiger partial charge in [-0.1, -0.05) is 11.6 Å². The van der Waals surface area contributed by atoms with E-state index in [1.807, 2.05) is 0 Å². The molecule has 5 nitrogen and oxygen atoms in total. The minimum Gasteiger partial charge on any atom is -0.376 e. The SMILES string of the molecule is O=C(CCCNC(=O)c1ccc(Cl)cc1)NCC1CCCO1. The fourth-order valence-electron chi connectivity index (χ4n) is 2.28. The second kappa shape index (κ2) is 8.76. The molecule has 6 heteroatoms. The van der Waals surface area contributed by atoms with Crippen LogP contribution in [0.25, 0.3) is 0 Å². The molecule has 0 bridgehead atoms. The summed E-state index contributed by atoms with van der Waals surface area (Å²) in [5.74, 6) is -0.160. The number of carbonyl (C=O) groups excluding carboxylic acids is 2. The number of halogens is 1. The third-order valence-electron chi connectivity index (χ3n) is 3.52. The summed E-state index contributed by atoms with van der Waals surface area (Å²) in [7, 11) is 0. The number of hydrogen-bond acceptors (Lipinski definition) is 3. The van der Waals surface area contributed by atoms with Gasteiger partial charge in [-0.25, -0.2) is 0 Å². The number of hydrogen-bond donors (Lipinski definition) is 2. The van der Waals surface area contributed by atoms with E-state index in [1.165, 1.54) is 0 Å².